The fraction of sp³-hybridized carbons (Fsp3) is 0.333. The van der Waals surface area contributed by atoms with Crippen LogP contribution in [0.2, 0.25) is 5.02 Å². The van der Waals surface area contributed by atoms with Gasteiger partial charge in [-0.2, -0.15) is 0 Å². The largest absolute Gasteiger partial charge is 0.496 e. The average Bonchev–Trinajstić information content (AvgIpc) is 3.68. The van der Waals surface area contributed by atoms with E-state index in [2.05, 4.69) is 22.8 Å². The molecule has 0 radical (unpaired) electrons. The Bertz CT molecular complexity index is 1980. The summed E-state index contributed by atoms with van der Waals surface area (Å²) in [6, 6.07) is 17.2. The first-order valence-corrected chi connectivity index (χ1v) is 15.8. The summed E-state index contributed by atoms with van der Waals surface area (Å²) in [6.07, 6.45) is 1.80. The fourth-order valence-corrected chi connectivity index (χ4v) is 7.04. The first-order chi connectivity index (χ1) is 21.6. The van der Waals surface area contributed by atoms with Crippen molar-refractivity contribution in [2.45, 2.75) is 45.8 Å². The van der Waals surface area contributed by atoms with Crippen LogP contribution in [0.15, 0.2) is 59.0 Å². The van der Waals surface area contributed by atoms with Gasteiger partial charge in [-0.3, -0.25) is 9.59 Å². The predicted octanol–water partition coefficient (Wildman–Crippen LogP) is 8.02. The van der Waals surface area contributed by atoms with Crippen LogP contribution in [0.1, 0.15) is 52.5 Å². The normalized spacial score (nSPS) is 18.6. The Morgan fingerprint density at radius 3 is 2.51 bits per heavy atom. The molecular weight excluding hydrogens is 593 g/mol. The van der Waals surface area contributed by atoms with Gasteiger partial charge < -0.3 is 24.4 Å². The van der Waals surface area contributed by atoms with Crippen molar-refractivity contribution in [3.63, 3.8) is 0 Å². The van der Waals surface area contributed by atoms with Gasteiger partial charge in [0, 0.05) is 35.1 Å². The van der Waals surface area contributed by atoms with Crippen molar-refractivity contribution in [2.75, 3.05) is 20.2 Å². The number of primary amides is 1. The Morgan fingerprint density at radius 1 is 1.07 bits per heavy atom. The lowest BCUT2D eigenvalue weighted by molar-refractivity contribution is 0.0555. The maximum atomic E-state index is 14.3. The minimum Gasteiger partial charge on any atom is -0.496 e. The smallest absolute Gasteiger partial charge is 0.254 e. The van der Waals surface area contributed by atoms with Gasteiger partial charge in [0.15, 0.2) is 5.76 Å². The monoisotopic (exact) mass is 627 g/mol. The van der Waals surface area contributed by atoms with Crippen molar-refractivity contribution < 1.29 is 23.1 Å². The zero-order chi connectivity index (χ0) is 31.6. The van der Waals surface area contributed by atoms with Crippen molar-refractivity contribution in [3.05, 3.63) is 76.3 Å². The standard InChI is InChI=1S/C36H35ClFN3O4/c1-19-10-26(38)18-40(16-19)36(43)25-14-31(44-3)33-20(2)34(45-32(33)15-25)30-13-24-7-6-23(12-29(24)41(30)17-21-4-5-21)22-8-9-27(35(39)42)28(37)11-22/h6-9,11-15,19,21,26H,4-5,10,16-18H2,1-3H3,(H2,39,42)/t19-,26-/m1/s1. The second kappa shape index (κ2) is 11.2. The number of ether oxygens (including phenoxy) is 1. The minimum absolute atomic E-state index is 0.0940. The Morgan fingerprint density at radius 2 is 1.82 bits per heavy atom. The number of methoxy groups -OCH3 is 1. The number of likely N-dealkylation sites (tertiary alicyclic amines) is 1. The fourth-order valence-electron chi connectivity index (χ4n) is 6.76. The number of carbonyl (C=O) groups excluding carboxylic acids is 2. The number of furan rings is 1. The number of amides is 2. The van der Waals surface area contributed by atoms with Crippen LogP contribution in [0, 0.1) is 18.8 Å². The SMILES string of the molecule is COc1cc(C(=O)N2C[C@H](C)C[C@@H](F)C2)cc2oc(-c3cc4ccc(-c5ccc(C(N)=O)c(Cl)c5)cc4n3CC3CC3)c(C)c12. The average molecular weight is 628 g/mol. The number of hydrogen-bond acceptors (Lipinski definition) is 4. The number of aromatic nitrogens is 1. The van der Waals surface area contributed by atoms with Crippen LogP contribution in [0.5, 0.6) is 5.75 Å². The summed E-state index contributed by atoms with van der Waals surface area (Å²) < 4.78 is 29.0. The Kier molecular flexibility index (Phi) is 7.35. The first kappa shape index (κ1) is 29.4. The van der Waals surface area contributed by atoms with Gasteiger partial charge in [0.05, 0.1) is 35.3 Å². The van der Waals surface area contributed by atoms with Crippen molar-refractivity contribution >= 4 is 45.3 Å². The number of piperidine rings is 1. The van der Waals surface area contributed by atoms with Gasteiger partial charge in [0.1, 0.15) is 17.5 Å². The molecule has 2 fully saturated rings. The van der Waals surface area contributed by atoms with E-state index in [1.807, 2.05) is 26.0 Å². The van der Waals surface area contributed by atoms with Crippen molar-refractivity contribution in [1.29, 1.82) is 0 Å². The molecule has 0 unspecified atom stereocenters. The van der Waals surface area contributed by atoms with E-state index in [0.717, 1.165) is 51.0 Å². The van der Waals surface area contributed by atoms with E-state index in [1.54, 1.807) is 36.3 Å². The van der Waals surface area contributed by atoms with Gasteiger partial charge in [-0.25, -0.2) is 4.39 Å². The number of benzene rings is 3. The van der Waals surface area contributed by atoms with Crippen LogP contribution in [0.25, 0.3) is 44.5 Å². The third kappa shape index (κ3) is 5.35. The molecule has 2 aliphatic rings. The lowest BCUT2D eigenvalue weighted by Gasteiger charge is -2.33. The Labute approximate surface area is 265 Å². The molecule has 1 aliphatic heterocycles. The number of rotatable bonds is 7. The molecule has 1 aliphatic carbocycles. The molecule has 5 aromatic rings. The molecule has 2 N–H and O–H groups in total. The molecule has 1 saturated heterocycles. The Hall–Kier alpha value is -4.30. The van der Waals surface area contributed by atoms with E-state index in [-0.39, 0.29) is 18.4 Å². The number of nitrogens with two attached hydrogens (primary N) is 1. The highest BCUT2D eigenvalue weighted by atomic mass is 35.5. The molecule has 45 heavy (non-hydrogen) atoms. The summed E-state index contributed by atoms with van der Waals surface area (Å²) in [5, 5.41) is 2.20. The number of halogens is 2. The van der Waals surface area contributed by atoms with Gasteiger partial charge in [-0.15, -0.1) is 0 Å². The van der Waals surface area contributed by atoms with Crippen LogP contribution in [0.4, 0.5) is 4.39 Å². The molecule has 9 heteroatoms. The minimum atomic E-state index is -1.03. The van der Waals surface area contributed by atoms with Gasteiger partial charge in [-0.05, 0) is 85.5 Å². The molecule has 2 amide bonds. The quantitative estimate of drug-likeness (QED) is 0.198. The number of alkyl halides is 1. The topological polar surface area (TPSA) is 90.7 Å². The van der Waals surface area contributed by atoms with E-state index < -0.39 is 12.1 Å². The van der Waals surface area contributed by atoms with Crippen molar-refractivity contribution in [3.8, 4) is 28.3 Å². The molecule has 3 heterocycles. The van der Waals surface area contributed by atoms with Gasteiger partial charge in [-0.1, -0.05) is 36.7 Å². The summed E-state index contributed by atoms with van der Waals surface area (Å²) >= 11 is 6.38. The molecule has 2 aromatic heterocycles. The number of fused-ring (bicyclic) bond motifs is 2. The van der Waals surface area contributed by atoms with Crippen molar-refractivity contribution in [2.24, 2.45) is 17.6 Å². The molecule has 7 rings (SSSR count). The van der Waals surface area contributed by atoms with E-state index in [0.29, 0.717) is 46.4 Å². The van der Waals surface area contributed by atoms with Crippen LogP contribution in [-0.2, 0) is 6.54 Å². The van der Waals surface area contributed by atoms with E-state index in [4.69, 9.17) is 26.5 Å². The molecule has 0 spiro atoms. The predicted molar refractivity (Wildman–Crippen MR) is 175 cm³/mol. The maximum Gasteiger partial charge on any atom is 0.254 e. The van der Waals surface area contributed by atoms with Crippen molar-refractivity contribution in [1.82, 2.24) is 9.47 Å². The van der Waals surface area contributed by atoms with Gasteiger partial charge >= 0.3 is 0 Å². The number of aryl methyl sites for hydroxylation is 1. The molecule has 232 valence electrons. The molecule has 0 bridgehead atoms. The zero-order valence-corrected chi connectivity index (χ0v) is 26.3. The van der Waals surface area contributed by atoms with E-state index in [9.17, 15) is 14.0 Å². The van der Waals surface area contributed by atoms with Crippen LogP contribution >= 0.6 is 11.6 Å². The van der Waals surface area contributed by atoms with Crippen LogP contribution < -0.4 is 10.5 Å². The molecule has 7 nitrogen and oxygen atoms in total. The number of nitrogens with zero attached hydrogens (tertiary/aromatic N) is 2. The second-order valence-electron chi connectivity index (χ2n) is 12.7. The summed E-state index contributed by atoms with van der Waals surface area (Å²) in [5.41, 5.74) is 11.5. The van der Waals surface area contributed by atoms with E-state index in [1.165, 1.54) is 12.8 Å². The number of carbonyl (C=O) groups is 2. The van der Waals surface area contributed by atoms with Gasteiger partial charge in [0.2, 0.25) is 5.91 Å². The molecular formula is C36H35ClFN3O4. The highest BCUT2D eigenvalue weighted by molar-refractivity contribution is 6.34. The zero-order valence-electron chi connectivity index (χ0n) is 25.5. The second-order valence-corrected chi connectivity index (χ2v) is 13.1. The maximum absolute atomic E-state index is 14.3. The summed E-state index contributed by atoms with van der Waals surface area (Å²) in [6.45, 7) is 5.44. The molecule has 2 atom stereocenters. The summed E-state index contributed by atoms with van der Waals surface area (Å²) in [7, 11) is 1.59. The van der Waals surface area contributed by atoms with E-state index >= 15 is 0 Å². The molecule has 1 saturated carbocycles. The lowest BCUT2D eigenvalue weighted by Crippen LogP contribution is -2.44. The summed E-state index contributed by atoms with van der Waals surface area (Å²) in [4.78, 5) is 26.8. The van der Waals surface area contributed by atoms with Gasteiger partial charge in [0.25, 0.3) is 5.91 Å². The first-order valence-electron chi connectivity index (χ1n) is 15.4. The Balaban J connectivity index is 1.33. The summed E-state index contributed by atoms with van der Waals surface area (Å²) in [5.74, 6) is 1.17. The number of hydrogen-bond donors (Lipinski definition) is 1. The van der Waals surface area contributed by atoms with Crippen LogP contribution in [0.3, 0.4) is 0 Å². The highest BCUT2D eigenvalue weighted by Crippen LogP contribution is 2.43. The lowest BCUT2D eigenvalue weighted by atomic mass is 9.98. The third-order valence-corrected chi connectivity index (χ3v) is 9.51. The highest BCUT2D eigenvalue weighted by Gasteiger charge is 2.30. The third-order valence-electron chi connectivity index (χ3n) is 9.20. The molecule has 3 aromatic carbocycles. The van der Waals surface area contributed by atoms with Crippen LogP contribution in [-0.4, -0.2) is 47.7 Å².